The molecule has 6 heteroatoms. The fraction of sp³-hybridized carbons (Fsp3) is 0.886. The Kier molecular flexibility index (Phi) is 12.2. The number of carbonyl (C=O) groups is 2. The molecule has 6 nitrogen and oxygen atoms in total. The van der Waals surface area contributed by atoms with Crippen LogP contribution in [0.4, 0.5) is 4.79 Å². The molecule has 0 aliphatic heterocycles. The maximum absolute atomic E-state index is 12.4. The number of alkyl carbamates (subject to hydrolysis) is 1. The van der Waals surface area contributed by atoms with Gasteiger partial charge in [0.05, 0.1) is 13.0 Å². The molecule has 0 bridgehead atoms. The predicted molar refractivity (Wildman–Crippen MR) is 166 cm³/mol. The first kappa shape index (κ1) is 33.9. The third-order valence-corrected chi connectivity index (χ3v) is 11.7. The molecule has 3 saturated carbocycles. The number of rotatable bonds is 12. The van der Waals surface area contributed by atoms with E-state index in [-0.39, 0.29) is 44.5 Å². The second-order valence-corrected chi connectivity index (χ2v) is 14.4. The Morgan fingerprint density at radius 2 is 1.80 bits per heavy atom. The number of hydrogen-bond acceptors (Lipinski definition) is 5. The topological polar surface area (TPSA) is 73.9 Å². The Morgan fingerprint density at radius 1 is 1.02 bits per heavy atom. The van der Waals surface area contributed by atoms with Crippen LogP contribution in [0.25, 0.3) is 0 Å². The van der Waals surface area contributed by atoms with Gasteiger partial charge in [0.25, 0.3) is 0 Å². The molecular weight excluding hydrogens is 514 g/mol. The lowest BCUT2D eigenvalue weighted by atomic mass is 9.47. The Labute approximate surface area is 251 Å². The molecule has 0 heterocycles. The molecule has 8 atom stereocenters. The third-order valence-electron chi connectivity index (χ3n) is 11.7. The molecule has 0 aromatic heterocycles. The smallest absolute Gasteiger partial charge is 0.407 e. The van der Waals surface area contributed by atoms with E-state index in [9.17, 15) is 9.59 Å². The largest absolute Gasteiger partial charge is 0.463 e. The van der Waals surface area contributed by atoms with Crippen molar-refractivity contribution < 1.29 is 23.8 Å². The van der Waals surface area contributed by atoms with Gasteiger partial charge >= 0.3 is 12.1 Å². The van der Waals surface area contributed by atoms with Crippen LogP contribution < -0.4 is 5.32 Å². The highest BCUT2D eigenvalue weighted by Crippen LogP contribution is 2.67. The van der Waals surface area contributed by atoms with Crippen molar-refractivity contribution in [1.82, 2.24) is 5.32 Å². The van der Waals surface area contributed by atoms with Crippen molar-refractivity contribution in [3.8, 4) is 0 Å². The number of fused-ring (bicyclic) bond motifs is 5. The van der Waals surface area contributed by atoms with Gasteiger partial charge in [-0.25, -0.2) is 4.79 Å². The normalized spacial score (nSPS) is 34.8. The Bertz CT molecular complexity index is 901. The van der Waals surface area contributed by atoms with Crippen molar-refractivity contribution >= 4 is 12.1 Å². The van der Waals surface area contributed by atoms with Crippen LogP contribution in [-0.2, 0) is 19.0 Å². The van der Waals surface area contributed by atoms with Crippen molar-refractivity contribution in [3.05, 3.63) is 11.6 Å². The standard InChI is InChI=1S/C34H57NO5.CH4/c1-23(2)8-7-9-24(3)28-12-13-29-27-11-10-25-22-26(14-17-33(25,4)30(27)15-18-34(28,29)5)40-32(37)35-19-16-31(36)39-21-20-38-6;/h10,23-24,26-30H,7-9,11-22H2,1-6H3,(H,35,37);1H4/t24?,26-,27-,28+,29-,30-,33-,34+;/m0./s1. The molecule has 1 N–H and O–H groups in total. The van der Waals surface area contributed by atoms with Crippen LogP contribution in [-0.4, -0.2) is 45.0 Å². The van der Waals surface area contributed by atoms with E-state index < -0.39 is 6.09 Å². The van der Waals surface area contributed by atoms with Gasteiger partial charge in [-0.15, -0.1) is 0 Å². The summed E-state index contributed by atoms with van der Waals surface area (Å²) < 4.78 is 15.7. The second kappa shape index (κ2) is 14.8. The number of carbonyl (C=O) groups excluding carboxylic acids is 2. The molecule has 0 aromatic rings. The quantitative estimate of drug-likeness (QED) is 0.144. The van der Waals surface area contributed by atoms with E-state index in [1.165, 1.54) is 56.9 Å². The Hall–Kier alpha value is -1.56. The first-order valence-corrected chi connectivity index (χ1v) is 16.4. The molecule has 4 rings (SSSR count). The number of nitrogens with one attached hydrogen (secondary N) is 1. The van der Waals surface area contributed by atoms with Gasteiger partial charge in [0.15, 0.2) is 0 Å². The summed E-state index contributed by atoms with van der Waals surface area (Å²) in [5, 5.41) is 2.73. The number of amides is 1. The summed E-state index contributed by atoms with van der Waals surface area (Å²) in [4.78, 5) is 24.2. The van der Waals surface area contributed by atoms with Crippen molar-refractivity contribution in [2.75, 3.05) is 26.9 Å². The molecule has 4 aliphatic rings. The fourth-order valence-electron chi connectivity index (χ4n) is 9.52. The molecule has 4 aliphatic carbocycles. The minimum absolute atomic E-state index is 0. The van der Waals surface area contributed by atoms with Gasteiger partial charge in [-0.2, -0.15) is 0 Å². The highest BCUT2D eigenvalue weighted by Gasteiger charge is 2.59. The zero-order valence-corrected chi connectivity index (χ0v) is 26.3. The average molecular weight is 576 g/mol. The van der Waals surface area contributed by atoms with Crippen LogP contribution in [0.1, 0.15) is 119 Å². The number of ether oxygens (including phenoxy) is 3. The average Bonchev–Trinajstić information content (AvgIpc) is 3.26. The van der Waals surface area contributed by atoms with Crippen LogP contribution in [0.3, 0.4) is 0 Å². The molecule has 0 saturated heterocycles. The van der Waals surface area contributed by atoms with Gasteiger partial charge in [0, 0.05) is 20.1 Å². The van der Waals surface area contributed by atoms with E-state index in [4.69, 9.17) is 14.2 Å². The van der Waals surface area contributed by atoms with Crippen LogP contribution in [0.15, 0.2) is 11.6 Å². The minimum Gasteiger partial charge on any atom is -0.463 e. The molecule has 41 heavy (non-hydrogen) atoms. The van der Waals surface area contributed by atoms with E-state index in [0.29, 0.717) is 12.0 Å². The number of esters is 1. The van der Waals surface area contributed by atoms with Crippen LogP contribution in [0.5, 0.6) is 0 Å². The van der Waals surface area contributed by atoms with E-state index >= 15 is 0 Å². The number of hydrogen-bond donors (Lipinski definition) is 1. The van der Waals surface area contributed by atoms with E-state index in [1.807, 2.05) is 0 Å². The maximum atomic E-state index is 12.4. The number of allylic oxidation sites excluding steroid dienone is 1. The van der Waals surface area contributed by atoms with Crippen molar-refractivity contribution in [3.63, 3.8) is 0 Å². The monoisotopic (exact) mass is 575 g/mol. The molecule has 1 unspecified atom stereocenters. The Balaban J connectivity index is 0.00000462. The first-order valence-electron chi connectivity index (χ1n) is 16.4. The lowest BCUT2D eigenvalue weighted by molar-refractivity contribution is -0.144. The minimum atomic E-state index is -0.430. The zero-order valence-electron chi connectivity index (χ0n) is 26.3. The van der Waals surface area contributed by atoms with Gasteiger partial charge in [-0.1, -0.05) is 73.0 Å². The first-order chi connectivity index (χ1) is 19.1. The molecule has 0 radical (unpaired) electrons. The molecule has 0 aromatic carbocycles. The predicted octanol–water partition coefficient (Wildman–Crippen LogP) is 8.34. The van der Waals surface area contributed by atoms with Crippen molar-refractivity contribution in [1.29, 1.82) is 0 Å². The van der Waals surface area contributed by atoms with Gasteiger partial charge in [-0.3, -0.25) is 4.79 Å². The molecular formula is C35H61NO5. The SMILES string of the molecule is C.COCCOC(=O)CCNC(=O)O[C@H]1CC[C@@]2(C)C(=CC[C@H]3[C@@H]4CC[C@H](C(C)CCCC(C)C)[C@@]4(C)CC[C@@H]32)C1. The molecule has 3 fully saturated rings. The molecule has 0 spiro atoms. The molecule has 1 amide bonds. The Morgan fingerprint density at radius 3 is 2.54 bits per heavy atom. The van der Waals surface area contributed by atoms with Crippen LogP contribution >= 0.6 is 0 Å². The van der Waals surface area contributed by atoms with Gasteiger partial charge in [-0.05, 0) is 91.3 Å². The van der Waals surface area contributed by atoms with E-state index in [2.05, 4.69) is 46.0 Å². The van der Waals surface area contributed by atoms with Gasteiger partial charge in [0.2, 0.25) is 0 Å². The summed E-state index contributed by atoms with van der Waals surface area (Å²) in [6.07, 6.45) is 16.0. The maximum Gasteiger partial charge on any atom is 0.407 e. The van der Waals surface area contributed by atoms with E-state index in [1.54, 1.807) is 7.11 Å². The van der Waals surface area contributed by atoms with Crippen molar-refractivity contribution in [2.24, 2.45) is 46.3 Å². The van der Waals surface area contributed by atoms with Gasteiger partial charge in [0.1, 0.15) is 12.7 Å². The highest BCUT2D eigenvalue weighted by molar-refractivity contribution is 5.71. The summed E-state index contributed by atoms with van der Waals surface area (Å²) in [6.45, 7) is 13.3. The lowest BCUT2D eigenvalue weighted by Gasteiger charge is -2.58. The lowest BCUT2D eigenvalue weighted by Crippen LogP contribution is -2.51. The summed E-state index contributed by atoms with van der Waals surface area (Å²) in [6, 6.07) is 0. The zero-order chi connectivity index (χ0) is 28.9. The second-order valence-electron chi connectivity index (χ2n) is 14.4. The van der Waals surface area contributed by atoms with Crippen LogP contribution in [0.2, 0.25) is 0 Å². The highest BCUT2D eigenvalue weighted by atomic mass is 16.6. The summed E-state index contributed by atoms with van der Waals surface area (Å²) in [7, 11) is 1.56. The summed E-state index contributed by atoms with van der Waals surface area (Å²) in [5.74, 6) is 4.64. The summed E-state index contributed by atoms with van der Waals surface area (Å²) >= 11 is 0. The van der Waals surface area contributed by atoms with Crippen LogP contribution in [0, 0.1) is 46.3 Å². The summed E-state index contributed by atoms with van der Waals surface area (Å²) in [5.41, 5.74) is 2.28. The van der Waals surface area contributed by atoms with E-state index in [0.717, 1.165) is 54.8 Å². The molecule has 236 valence electrons. The van der Waals surface area contributed by atoms with Gasteiger partial charge < -0.3 is 19.5 Å². The number of methoxy groups -OCH3 is 1. The third kappa shape index (κ3) is 7.70. The van der Waals surface area contributed by atoms with Crippen molar-refractivity contribution in [2.45, 2.75) is 125 Å². The fourth-order valence-corrected chi connectivity index (χ4v) is 9.52.